The molecule has 1 N–H and O–H groups in total. The number of aromatic nitrogens is 2. The molecule has 4 rings (SSSR count). The number of anilines is 1. The van der Waals surface area contributed by atoms with Crippen molar-refractivity contribution < 1.29 is 14.3 Å². The van der Waals surface area contributed by atoms with Gasteiger partial charge in [0, 0.05) is 29.8 Å². The number of carbonyl (C=O) groups excluding carboxylic acids is 1. The van der Waals surface area contributed by atoms with Crippen molar-refractivity contribution in [1.29, 1.82) is 0 Å². The zero-order valence-corrected chi connectivity index (χ0v) is 13.7. The zero-order valence-electron chi connectivity index (χ0n) is 13.7. The molecular formula is C19H16FN3O2. The minimum Gasteiger partial charge on any atom is -0.508 e. The lowest BCUT2D eigenvalue weighted by Crippen LogP contribution is -2.38. The van der Waals surface area contributed by atoms with Crippen molar-refractivity contribution >= 4 is 22.4 Å². The van der Waals surface area contributed by atoms with E-state index in [1.54, 1.807) is 23.2 Å². The van der Waals surface area contributed by atoms with E-state index in [4.69, 9.17) is 0 Å². The van der Waals surface area contributed by atoms with Gasteiger partial charge in [0.05, 0.1) is 5.69 Å². The lowest BCUT2D eigenvalue weighted by Gasteiger charge is -2.29. The van der Waals surface area contributed by atoms with Gasteiger partial charge in [-0.3, -0.25) is 4.79 Å². The minimum absolute atomic E-state index is 0.0393. The monoisotopic (exact) mass is 337 g/mol. The maximum atomic E-state index is 14.3. The fourth-order valence-electron chi connectivity index (χ4n) is 3.46. The molecular weight excluding hydrogens is 321 g/mol. The normalized spacial score (nSPS) is 14.0. The number of phenols is 1. The van der Waals surface area contributed by atoms with Gasteiger partial charge in [0.25, 0.3) is 5.91 Å². The Balaban J connectivity index is 1.95. The summed E-state index contributed by atoms with van der Waals surface area (Å²) in [6, 6.07) is 6.12. The van der Waals surface area contributed by atoms with Crippen LogP contribution < -0.4 is 4.90 Å². The highest BCUT2D eigenvalue weighted by molar-refractivity contribution is 6.12. The van der Waals surface area contributed by atoms with Gasteiger partial charge < -0.3 is 10.0 Å². The molecule has 1 aromatic heterocycles. The van der Waals surface area contributed by atoms with Crippen LogP contribution in [0.15, 0.2) is 36.8 Å². The van der Waals surface area contributed by atoms with E-state index in [-0.39, 0.29) is 17.5 Å². The molecule has 3 aromatic rings. The molecule has 1 aliphatic heterocycles. The lowest BCUT2D eigenvalue weighted by molar-refractivity contribution is 0.0975. The number of amides is 1. The van der Waals surface area contributed by atoms with Crippen LogP contribution >= 0.6 is 0 Å². The molecule has 0 spiro atoms. The van der Waals surface area contributed by atoms with Crippen molar-refractivity contribution in [1.82, 2.24) is 9.97 Å². The third-order valence-corrected chi connectivity index (χ3v) is 4.62. The van der Waals surface area contributed by atoms with Crippen LogP contribution in [0.2, 0.25) is 0 Å². The average Bonchev–Trinajstić information content (AvgIpc) is 2.62. The van der Waals surface area contributed by atoms with Crippen LogP contribution in [0.25, 0.3) is 10.8 Å². The molecule has 2 heterocycles. The third kappa shape index (κ3) is 2.41. The molecule has 126 valence electrons. The second-order valence-corrected chi connectivity index (χ2v) is 6.05. The van der Waals surface area contributed by atoms with Gasteiger partial charge in [-0.15, -0.1) is 0 Å². The number of halogens is 1. The van der Waals surface area contributed by atoms with Crippen molar-refractivity contribution in [3.63, 3.8) is 0 Å². The second-order valence-electron chi connectivity index (χ2n) is 6.05. The maximum absolute atomic E-state index is 14.3. The first kappa shape index (κ1) is 15.5. The molecule has 0 aliphatic carbocycles. The number of aromatic hydroxyl groups is 1. The Hall–Kier alpha value is -3.02. The van der Waals surface area contributed by atoms with Crippen molar-refractivity contribution in [3.05, 3.63) is 59.4 Å². The van der Waals surface area contributed by atoms with Gasteiger partial charge in [0.1, 0.15) is 23.6 Å². The van der Waals surface area contributed by atoms with E-state index in [0.29, 0.717) is 47.1 Å². The van der Waals surface area contributed by atoms with Crippen LogP contribution in [-0.2, 0) is 12.8 Å². The Kier molecular flexibility index (Phi) is 3.60. The summed E-state index contributed by atoms with van der Waals surface area (Å²) in [6.45, 7) is 2.30. The fourth-order valence-corrected chi connectivity index (χ4v) is 3.46. The van der Waals surface area contributed by atoms with E-state index in [1.165, 1.54) is 18.5 Å². The highest BCUT2D eigenvalue weighted by Gasteiger charge is 2.29. The van der Waals surface area contributed by atoms with Crippen LogP contribution in [0.3, 0.4) is 0 Å². The van der Waals surface area contributed by atoms with E-state index in [2.05, 4.69) is 9.97 Å². The van der Waals surface area contributed by atoms with Gasteiger partial charge in [-0.05, 0) is 35.9 Å². The highest BCUT2D eigenvalue weighted by atomic mass is 19.1. The molecule has 1 aliphatic rings. The first-order chi connectivity index (χ1) is 12.1. The van der Waals surface area contributed by atoms with E-state index in [0.717, 1.165) is 5.56 Å². The molecule has 0 fully saturated rings. The quantitative estimate of drug-likeness (QED) is 0.779. The van der Waals surface area contributed by atoms with Crippen LogP contribution in [0, 0.1) is 5.82 Å². The Labute approximate surface area is 143 Å². The molecule has 0 unspecified atom stereocenters. The highest BCUT2D eigenvalue weighted by Crippen LogP contribution is 2.37. The van der Waals surface area contributed by atoms with Gasteiger partial charge in [-0.25, -0.2) is 14.4 Å². The molecule has 0 saturated heterocycles. The van der Waals surface area contributed by atoms with Gasteiger partial charge in [-0.2, -0.15) is 0 Å². The molecule has 25 heavy (non-hydrogen) atoms. The summed E-state index contributed by atoms with van der Waals surface area (Å²) in [6.07, 6.45) is 4.09. The topological polar surface area (TPSA) is 66.3 Å². The largest absolute Gasteiger partial charge is 0.508 e. The molecule has 1 amide bonds. The summed E-state index contributed by atoms with van der Waals surface area (Å²) in [5.74, 6) is -0.534. The average molecular weight is 337 g/mol. The number of fused-ring (bicyclic) bond motifs is 2. The second kappa shape index (κ2) is 5.81. The summed E-state index contributed by atoms with van der Waals surface area (Å²) >= 11 is 0. The molecule has 5 nitrogen and oxygen atoms in total. The third-order valence-electron chi connectivity index (χ3n) is 4.62. The van der Waals surface area contributed by atoms with Gasteiger partial charge in [0.2, 0.25) is 0 Å². The summed E-state index contributed by atoms with van der Waals surface area (Å²) in [7, 11) is 0. The standard InChI is InChI=1S/C19H16FN3O2/c1-2-14-15(20)4-3-11-7-13(24)8-16(17(11)14)23-6-5-12-9-21-10-22-18(12)19(23)25/h3-4,7-10,24H,2,5-6H2,1H3. The van der Waals surface area contributed by atoms with E-state index in [9.17, 15) is 14.3 Å². The number of hydrogen-bond acceptors (Lipinski definition) is 4. The van der Waals surface area contributed by atoms with E-state index >= 15 is 0 Å². The summed E-state index contributed by atoms with van der Waals surface area (Å²) < 4.78 is 14.3. The Morgan fingerprint density at radius 2 is 2.16 bits per heavy atom. The number of aryl methyl sites for hydroxylation is 1. The lowest BCUT2D eigenvalue weighted by atomic mass is 9.97. The first-order valence-corrected chi connectivity index (χ1v) is 8.15. The van der Waals surface area contributed by atoms with Crippen molar-refractivity contribution in [3.8, 4) is 5.75 Å². The molecule has 2 aromatic carbocycles. The molecule has 6 heteroatoms. The van der Waals surface area contributed by atoms with Crippen molar-refractivity contribution in [2.24, 2.45) is 0 Å². The molecule has 0 bridgehead atoms. The zero-order chi connectivity index (χ0) is 17.6. The molecule has 0 saturated carbocycles. The predicted molar refractivity (Wildman–Crippen MR) is 92.4 cm³/mol. The number of carbonyl (C=O) groups is 1. The first-order valence-electron chi connectivity index (χ1n) is 8.15. The summed E-state index contributed by atoms with van der Waals surface area (Å²) in [5, 5.41) is 11.5. The van der Waals surface area contributed by atoms with E-state index in [1.807, 2.05) is 6.92 Å². The number of nitrogens with zero attached hydrogens (tertiary/aromatic N) is 3. The number of hydrogen-bond donors (Lipinski definition) is 1. The SMILES string of the molecule is CCc1c(F)ccc2cc(O)cc(N3CCc4cncnc4C3=O)c12. The number of rotatable bonds is 2. The summed E-state index contributed by atoms with van der Waals surface area (Å²) in [5.41, 5.74) is 2.21. The molecule has 0 atom stereocenters. The molecule has 0 radical (unpaired) electrons. The smallest absolute Gasteiger partial charge is 0.277 e. The van der Waals surface area contributed by atoms with Gasteiger partial charge in [0.15, 0.2) is 0 Å². The number of benzene rings is 2. The van der Waals surface area contributed by atoms with Crippen molar-refractivity contribution in [2.45, 2.75) is 19.8 Å². The Morgan fingerprint density at radius 3 is 2.96 bits per heavy atom. The fraction of sp³-hybridized carbons (Fsp3) is 0.211. The maximum Gasteiger partial charge on any atom is 0.277 e. The van der Waals surface area contributed by atoms with E-state index < -0.39 is 0 Å². The van der Waals surface area contributed by atoms with Crippen molar-refractivity contribution in [2.75, 3.05) is 11.4 Å². The number of phenolic OH excluding ortho intramolecular Hbond substituents is 1. The van der Waals surface area contributed by atoms with Gasteiger partial charge >= 0.3 is 0 Å². The predicted octanol–water partition coefficient (Wildman–Crippen LogP) is 3.24. The Bertz CT molecular complexity index is 1000. The van der Waals surface area contributed by atoms with Crippen LogP contribution in [0.4, 0.5) is 10.1 Å². The Morgan fingerprint density at radius 1 is 1.32 bits per heavy atom. The van der Waals surface area contributed by atoms with Crippen LogP contribution in [0.5, 0.6) is 5.75 Å². The van der Waals surface area contributed by atoms with Gasteiger partial charge in [-0.1, -0.05) is 13.0 Å². The minimum atomic E-state index is -0.311. The van der Waals surface area contributed by atoms with Crippen LogP contribution in [-0.4, -0.2) is 27.5 Å². The van der Waals surface area contributed by atoms with Crippen LogP contribution in [0.1, 0.15) is 28.5 Å². The summed E-state index contributed by atoms with van der Waals surface area (Å²) in [4.78, 5) is 22.5.